The third-order valence-corrected chi connectivity index (χ3v) is 3.24. The molecule has 6 heteroatoms. The fourth-order valence-electron chi connectivity index (χ4n) is 2.07. The molecular weight excluding hydrogens is 256 g/mol. The molecule has 6 nitrogen and oxygen atoms in total. The number of aromatic nitrogens is 2. The van der Waals surface area contributed by atoms with Gasteiger partial charge in [0.1, 0.15) is 5.69 Å². The second-order valence-electron chi connectivity index (χ2n) is 4.80. The van der Waals surface area contributed by atoms with E-state index in [9.17, 15) is 4.79 Å². The number of hydrogen-bond donors (Lipinski definition) is 1. The van der Waals surface area contributed by atoms with Crippen LogP contribution in [0.1, 0.15) is 36.7 Å². The van der Waals surface area contributed by atoms with Crippen LogP contribution in [0.3, 0.4) is 0 Å². The highest BCUT2D eigenvalue weighted by Gasteiger charge is 2.19. The Balaban J connectivity index is 1.92. The van der Waals surface area contributed by atoms with Gasteiger partial charge in [0.2, 0.25) is 5.95 Å². The van der Waals surface area contributed by atoms with Gasteiger partial charge in [0, 0.05) is 25.8 Å². The Hall–Kier alpha value is -1.69. The summed E-state index contributed by atoms with van der Waals surface area (Å²) < 4.78 is 5.25. The number of hydrogen-bond acceptors (Lipinski definition) is 5. The fraction of sp³-hybridized carbons (Fsp3) is 0.643. The van der Waals surface area contributed by atoms with Crippen LogP contribution in [-0.2, 0) is 4.74 Å². The number of unbranched alkanes of at least 4 members (excludes halogenated alkanes) is 2. The molecule has 0 aromatic carbocycles. The first kappa shape index (κ1) is 14.7. The van der Waals surface area contributed by atoms with Crippen molar-refractivity contribution < 1.29 is 9.53 Å². The van der Waals surface area contributed by atoms with Crippen LogP contribution in [-0.4, -0.2) is 53.6 Å². The maximum atomic E-state index is 12.3. The molecule has 1 aromatic rings. The number of rotatable bonds is 6. The molecule has 1 aliphatic heterocycles. The third kappa shape index (κ3) is 4.16. The van der Waals surface area contributed by atoms with Gasteiger partial charge in [0.05, 0.1) is 13.2 Å². The van der Waals surface area contributed by atoms with Gasteiger partial charge >= 0.3 is 0 Å². The van der Waals surface area contributed by atoms with E-state index >= 15 is 0 Å². The van der Waals surface area contributed by atoms with Crippen LogP contribution in [0.5, 0.6) is 0 Å². The molecule has 1 aliphatic rings. The monoisotopic (exact) mass is 278 g/mol. The first-order valence-corrected chi connectivity index (χ1v) is 7.25. The van der Waals surface area contributed by atoms with Gasteiger partial charge in [-0.15, -0.1) is 0 Å². The Labute approximate surface area is 119 Å². The SMILES string of the molecule is CCCCCNc1nccc(C(=O)N2CCOCC2)n1. The molecule has 1 amide bonds. The quantitative estimate of drug-likeness (QED) is 0.800. The van der Waals surface area contributed by atoms with E-state index in [1.54, 1.807) is 17.2 Å². The zero-order chi connectivity index (χ0) is 14.2. The van der Waals surface area contributed by atoms with Crippen molar-refractivity contribution in [3.63, 3.8) is 0 Å². The maximum absolute atomic E-state index is 12.3. The molecule has 2 rings (SSSR count). The molecule has 0 unspecified atom stereocenters. The molecule has 0 spiro atoms. The predicted octanol–water partition coefficient (Wildman–Crippen LogP) is 1.55. The van der Waals surface area contributed by atoms with Crippen molar-refractivity contribution in [3.8, 4) is 0 Å². The van der Waals surface area contributed by atoms with Gasteiger partial charge in [-0.25, -0.2) is 9.97 Å². The largest absolute Gasteiger partial charge is 0.378 e. The van der Waals surface area contributed by atoms with Crippen LogP contribution in [0.15, 0.2) is 12.3 Å². The van der Waals surface area contributed by atoms with Gasteiger partial charge in [-0.2, -0.15) is 0 Å². The van der Waals surface area contributed by atoms with Gasteiger partial charge < -0.3 is 15.0 Å². The molecule has 0 bridgehead atoms. The molecule has 2 heterocycles. The Morgan fingerprint density at radius 2 is 2.20 bits per heavy atom. The Morgan fingerprint density at radius 1 is 1.40 bits per heavy atom. The number of nitrogens with one attached hydrogen (secondary N) is 1. The van der Waals surface area contributed by atoms with E-state index in [0.717, 1.165) is 13.0 Å². The molecule has 0 atom stereocenters. The van der Waals surface area contributed by atoms with Gasteiger partial charge in [-0.05, 0) is 12.5 Å². The highest BCUT2D eigenvalue weighted by Crippen LogP contribution is 2.07. The maximum Gasteiger partial charge on any atom is 0.272 e. The molecular formula is C14H22N4O2. The summed E-state index contributed by atoms with van der Waals surface area (Å²) in [4.78, 5) is 22.5. The van der Waals surface area contributed by atoms with Gasteiger partial charge in [-0.1, -0.05) is 19.8 Å². The Kier molecular flexibility index (Phi) is 5.73. The lowest BCUT2D eigenvalue weighted by molar-refractivity contribution is 0.0299. The predicted molar refractivity (Wildman–Crippen MR) is 76.8 cm³/mol. The summed E-state index contributed by atoms with van der Waals surface area (Å²) in [5, 5.41) is 3.16. The third-order valence-electron chi connectivity index (χ3n) is 3.24. The summed E-state index contributed by atoms with van der Waals surface area (Å²) in [5.41, 5.74) is 0.444. The van der Waals surface area contributed by atoms with Crippen LogP contribution in [0, 0.1) is 0 Å². The Morgan fingerprint density at radius 3 is 2.95 bits per heavy atom. The normalized spacial score (nSPS) is 15.2. The lowest BCUT2D eigenvalue weighted by Crippen LogP contribution is -2.41. The zero-order valence-electron chi connectivity index (χ0n) is 12.0. The minimum Gasteiger partial charge on any atom is -0.378 e. The molecule has 1 fully saturated rings. The smallest absolute Gasteiger partial charge is 0.272 e. The number of nitrogens with zero attached hydrogens (tertiary/aromatic N) is 3. The van der Waals surface area contributed by atoms with E-state index in [-0.39, 0.29) is 5.91 Å². The van der Waals surface area contributed by atoms with E-state index in [1.807, 2.05) is 0 Å². The van der Waals surface area contributed by atoms with Crippen LogP contribution in [0.25, 0.3) is 0 Å². The average Bonchev–Trinajstić information content (AvgIpc) is 2.52. The number of morpholine rings is 1. The van der Waals surface area contributed by atoms with Crippen molar-refractivity contribution in [1.82, 2.24) is 14.9 Å². The van der Waals surface area contributed by atoms with Crippen molar-refractivity contribution in [3.05, 3.63) is 18.0 Å². The first-order valence-electron chi connectivity index (χ1n) is 7.25. The van der Waals surface area contributed by atoms with Gasteiger partial charge in [0.25, 0.3) is 5.91 Å². The van der Waals surface area contributed by atoms with E-state index < -0.39 is 0 Å². The van der Waals surface area contributed by atoms with Crippen LogP contribution in [0.4, 0.5) is 5.95 Å². The fourth-order valence-corrected chi connectivity index (χ4v) is 2.07. The average molecular weight is 278 g/mol. The number of carbonyl (C=O) groups excluding carboxylic acids is 1. The summed E-state index contributed by atoms with van der Waals surface area (Å²) in [6.45, 7) is 5.45. The number of carbonyl (C=O) groups is 1. The topological polar surface area (TPSA) is 67.4 Å². The molecule has 0 radical (unpaired) electrons. The number of amides is 1. The van der Waals surface area contributed by atoms with E-state index in [4.69, 9.17) is 4.74 Å². The Bertz CT molecular complexity index is 433. The van der Waals surface area contributed by atoms with E-state index in [2.05, 4.69) is 22.2 Å². The summed E-state index contributed by atoms with van der Waals surface area (Å²) in [6.07, 6.45) is 5.07. The number of ether oxygens (including phenoxy) is 1. The summed E-state index contributed by atoms with van der Waals surface area (Å²) in [7, 11) is 0. The van der Waals surface area contributed by atoms with Gasteiger partial charge in [0.15, 0.2) is 0 Å². The second-order valence-corrected chi connectivity index (χ2v) is 4.80. The lowest BCUT2D eigenvalue weighted by atomic mass is 10.2. The van der Waals surface area contributed by atoms with Crippen LogP contribution < -0.4 is 5.32 Å². The highest BCUT2D eigenvalue weighted by molar-refractivity contribution is 5.92. The standard InChI is InChI=1S/C14H22N4O2/c1-2-3-4-6-15-14-16-7-5-12(17-14)13(19)18-8-10-20-11-9-18/h5,7H,2-4,6,8-11H2,1H3,(H,15,16,17). The first-order chi connectivity index (χ1) is 9.81. The molecule has 0 saturated carbocycles. The van der Waals surface area contributed by atoms with Crippen molar-refractivity contribution in [2.75, 3.05) is 38.2 Å². The molecule has 0 aliphatic carbocycles. The minimum atomic E-state index is -0.0488. The lowest BCUT2D eigenvalue weighted by Gasteiger charge is -2.26. The highest BCUT2D eigenvalue weighted by atomic mass is 16.5. The van der Waals surface area contributed by atoms with Crippen LogP contribution >= 0.6 is 0 Å². The summed E-state index contributed by atoms with van der Waals surface area (Å²) >= 11 is 0. The van der Waals surface area contributed by atoms with E-state index in [1.165, 1.54) is 12.8 Å². The van der Waals surface area contributed by atoms with Gasteiger partial charge in [-0.3, -0.25) is 4.79 Å². The second kappa shape index (κ2) is 7.79. The summed E-state index contributed by atoms with van der Waals surface area (Å²) in [6, 6.07) is 1.66. The van der Waals surface area contributed by atoms with E-state index in [0.29, 0.717) is 37.9 Å². The van der Waals surface area contributed by atoms with Crippen LogP contribution in [0.2, 0.25) is 0 Å². The van der Waals surface area contributed by atoms with Crippen molar-refractivity contribution in [1.29, 1.82) is 0 Å². The molecule has 110 valence electrons. The summed E-state index contributed by atoms with van der Waals surface area (Å²) in [5.74, 6) is 0.479. The molecule has 20 heavy (non-hydrogen) atoms. The zero-order valence-corrected chi connectivity index (χ0v) is 12.0. The van der Waals surface area contributed by atoms with Crippen molar-refractivity contribution >= 4 is 11.9 Å². The van der Waals surface area contributed by atoms with Crippen molar-refractivity contribution in [2.45, 2.75) is 26.2 Å². The molecule has 1 N–H and O–H groups in total. The molecule has 1 aromatic heterocycles. The minimum absolute atomic E-state index is 0.0488. The van der Waals surface area contributed by atoms with Crippen molar-refractivity contribution in [2.24, 2.45) is 0 Å². The number of anilines is 1. The molecule has 1 saturated heterocycles.